The standard InChI is InChI=1S/C36H24/c1-2-35-24-36(3-1)34-22-18-32(19-23-34)30-14-10-28(11-15-30)26-6-4-25(5-7-26)27-8-12-29(13-9-27)31-16-20-33(35)21-17-31/h1-24H. The molecule has 0 spiro atoms. The Morgan fingerprint density at radius 3 is 0.528 bits per heavy atom. The fourth-order valence-electron chi connectivity index (χ4n) is 5.15. The number of rotatable bonds is 0. The zero-order valence-electron chi connectivity index (χ0n) is 19.9. The van der Waals surface area contributed by atoms with Crippen LogP contribution in [0.4, 0.5) is 0 Å². The van der Waals surface area contributed by atoms with Crippen molar-refractivity contribution in [2.75, 3.05) is 0 Å². The van der Waals surface area contributed by atoms with Crippen LogP contribution in [0.5, 0.6) is 0 Å². The predicted molar refractivity (Wildman–Crippen MR) is 153 cm³/mol. The molecule has 0 saturated heterocycles. The van der Waals surface area contributed by atoms with E-state index in [4.69, 9.17) is 0 Å². The van der Waals surface area contributed by atoms with Crippen molar-refractivity contribution in [2.45, 2.75) is 0 Å². The van der Waals surface area contributed by atoms with Crippen LogP contribution in [-0.4, -0.2) is 0 Å². The molecule has 12 bridgehead atoms. The lowest BCUT2D eigenvalue weighted by atomic mass is 9.95. The van der Waals surface area contributed by atoms with Gasteiger partial charge in [-0.15, -0.1) is 0 Å². The molecular weight excluding hydrogens is 432 g/mol. The summed E-state index contributed by atoms with van der Waals surface area (Å²) in [6.45, 7) is 0. The topological polar surface area (TPSA) is 0 Å². The first-order valence-electron chi connectivity index (χ1n) is 12.4. The summed E-state index contributed by atoms with van der Waals surface area (Å²) in [5, 5.41) is 0. The molecule has 0 heteroatoms. The maximum Gasteiger partial charge on any atom is -0.0178 e. The highest BCUT2D eigenvalue weighted by Gasteiger charge is 2.07. The maximum absolute atomic E-state index is 2.29. The average molecular weight is 457 g/mol. The van der Waals surface area contributed by atoms with Gasteiger partial charge in [-0.3, -0.25) is 0 Å². The van der Waals surface area contributed by atoms with Crippen LogP contribution in [-0.2, 0) is 0 Å². The Kier molecular flexibility index (Phi) is 4.89. The third-order valence-electron chi connectivity index (χ3n) is 7.29. The summed E-state index contributed by atoms with van der Waals surface area (Å²) in [5.41, 5.74) is 14.8. The van der Waals surface area contributed by atoms with Crippen LogP contribution in [0.1, 0.15) is 0 Å². The SMILES string of the molecule is c1cc2cc(c1)-c1ccc(cc1)-c1ccc(cc1)-c1ccc(cc1)-c1ccc(cc1)-c1ccc-2cc1. The zero-order valence-corrected chi connectivity index (χ0v) is 19.9. The summed E-state index contributed by atoms with van der Waals surface area (Å²) in [6.07, 6.45) is 0. The minimum absolute atomic E-state index is 1.23. The minimum atomic E-state index is 1.23. The quantitative estimate of drug-likeness (QED) is 0.213. The molecule has 6 aromatic rings. The van der Waals surface area contributed by atoms with Gasteiger partial charge in [-0.2, -0.15) is 0 Å². The Hall–Kier alpha value is -4.68. The van der Waals surface area contributed by atoms with Gasteiger partial charge in [0, 0.05) is 0 Å². The van der Waals surface area contributed by atoms with Gasteiger partial charge in [-0.1, -0.05) is 140 Å². The van der Waals surface area contributed by atoms with Crippen LogP contribution >= 0.6 is 0 Å². The fraction of sp³-hybridized carbons (Fsp3) is 0. The second-order valence-electron chi connectivity index (χ2n) is 9.47. The van der Waals surface area contributed by atoms with Crippen LogP contribution in [0.25, 0.3) is 66.8 Å². The fourth-order valence-corrected chi connectivity index (χ4v) is 5.15. The van der Waals surface area contributed by atoms with Gasteiger partial charge in [0.1, 0.15) is 0 Å². The Labute approximate surface area is 212 Å². The van der Waals surface area contributed by atoms with Crippen molar-refractivity contribution in [3.8, 4) is 66.8 Å². The van der Waals surface area contributed by atoms with Crippen molar-refractivity contribution < 1.29 is 0 Å². The normalized spacial score (nSPS) is 11.3. The first-order valence-corrected chi connectivity index (χ1v) is 12.4. The van der Waals surface area contributed by atoms with E-state index in [0.29, 0.717) is 0 Å². The number of hydrogen-bond donors (Lipinski definition) is 0. The van der Waals surface area contributed by atoms with Crippen molar-refractivity contribution >= 4 is 0 Å². The van der Waals surface area contributed by atoms with E-state index in [9.17, 15) is 0 Å². The van der Waals surface area contributed by atoms with Crippen molar-refractivity contribution in [3.05, 3.63) is 146 Å². The van der Waals surface area contributed by atoms with Gasteiger partial charge in [-0.05, 0) is 72.8 Å². The molecule has 0 saturated carbocycles. The largest absolute Gasteiger partial charge is 0.0610 e. The van der Waals surface area contributed by atoms with E-state index in [1.54, 1.807) is 0 Å². The number of benzene rings is 6. The van der Waals surface area contributed by atoms with E-state index < -0.39 is 0 Å². The van der Waals surface area contributed by atoms with Crippen molar-refractivity contribution in [1.82, 2.24) is 0 Å². The number of hydrogen-bond acceptors (Lipinski definition) is 0. The number of fused-ring (bicyclic) bond motifs is 1. The molecule has 0 N–H and O–H groups in total. The lowest BCUT2D eigenvalue weighted by molar-refractivity contribution is 1.57. The van der Waals surface area contributed by atoms with Gasteiger partial charge in [0.2, 0.25) is 0 Å². The van der Waals surface area contributed by atoms with Crippen molar-refractivity contribution in [1.29, 1.82) is 0 Å². The van der Waals surface area contributed by atoms with Crippen molar-refractivity contribution in [2.24, 2.45) is 0 Å². The molecule has 0 radical (unpaired) electrons. The molecule has 14 rings (SSSR count). The highest BCUT2D eigenvalue weighted by atomic mass is 14.1. The van der Waals surface area contributed by atoms with E-state index in [1.165, 1.54) is 66.8 Å². The van der Waals surface area contributed by atoms with Crippen LogP contribution in [0, 0.1) is 0 Å². The monoisotopic (exact) mass is 456 g/mol. The first-order chi connectivity index (χ1) is 17.8. The van der Waals surface area contributed by atoms with Gasteiger partial charge in [0.25, 0.3) is 0 Å². The van der Waals surface area contributed by atoms with Crippen LogP contribution in [0.3, 0.4) is 0 Å². The highest BCUT2D eigenvalue weighted by Crippen LogP contribution is 2.32. The maximum atomic E-state index is 2.29. The van der Waals surface area contributed by atoms with Crippen LogP contribution in [0.15, 0.2) is 146 Å². The van der Waals surface area contributed by atoms with Gasteiger partial charge in [0.05, 0.1) is 0 Å². The lowest BCUT2D eigenvalue weighted by Gasteiger charge is -2.09. The third kappa shape index (κ3) is 3.74. The molecular formula is C36H24. The second kappa shape index (κ2) is 8.52. The summed E-state index contributed by atoms with van der Waals surface area (Å²) in [7, 11) is 0. The molecule has 36 heavy (non-hydrogen) atoms. The molecule has 6 aromatic carbocycles. The molecule has 0 heterocycles. The molecule has 0 atom stereocenters. The lowest BCUT2D eigenvalue weighted by Crippen LogP contribution is -1.84. The Balaban J connectivity index is 1.38. The van der Waals surface area contributed by atoms with E-state index in [0.717, 1.165) is 0 Å². The van der Waals surface area contributed by atoms with Gasteiger partial charge in [0.15, 0.2) is 0 Å². The minimum Gasteiger partial charge on any atom is -0.0610 e. The first kappa shape index (κ1) is 20.7. The molecule has 0 fully saturated rings. The zero-order chi connectivity index (χ0) is 23.9. The predicted octanol–water partition coefficient (Wildman–Crippen LogP) is 10.0. The third-order valence-corrected chi connectivity index (χ3v) is 7.29. The van der Waals surface area contributed by atoms with E-state index >= 15 is 0 Å². The summed E-state index contributed by atoms with van der Waals surface area (Å²) < 4.78 is 0. The average Bonchev–Trinajstić information content (AvgIpc) is 2.97. The van der Waals surface area contributed by atoms with Crippen molar-refractivity contribution in [3.63, 3.8) is 0 Å². The summed E-state index contributed by atoms with van der Waals surface area (Å²) in [6, 6.07) is 53.2. The van der Waals surface area contributed by atoms with Gasteiger partial charge >= 0.3 is 0 Å². The summed E-state index contributed by atoms with van der Waals surface area (Å²) in [4.78, 5) is 0. The highest BCUT2D eigenvalue weighted by molar-refractivity contribution is 5.79. The second-order valence-corrected chi connectivity index (χ2v) is 9.47. The van der Waals surface area contributed by atoms with E-state index in [2.05, 4.69) is 146 Å². The molecule has 8 aliphatic carbocycles. The van der Waals surface area contributed by atoms with Crippen LogP contribution in [0.2, 0.25) is 0 Å². The summed E-state index contributed by atoms with van der Waals surface area (Å²) >= 11 is 0. The molecule has 0 amide bonds. The Morgan fingerprint density at radius 1 is 0.167 bits per heavy atom. The van der Waals surface area contributed by atoms with E-state index in [1.807, 2.05) is 0 Å². The Bertz CT molecular complexity index is 1530. The molecule has 0 aromatic heterocycles. The molecule has 0 unspecified atom stereocenters. The molecule has 168 valence electrons. The van der Waals surface area contributed by atoms with Gasteiger partial charge < -0.3 is 0 Å². The summed E-state index contributed by atoms with van der Waals surface area (Å²) in [5.74, 6) is 0. The van der Waals surface area contributed by atoms with Crippen LogP contribution < -0.4 is 0 Å². The molecule has 0 aliphatic heterocycles. The Morgan fingerprint density at radius 2 is 0.333 bits per heavy atom. The molecule has 8 aliphatic rings. The molecule has 0 nitrogen and oxygen atoms in total. The van der Waals surface area contributed by atoms with E-state index in [-0.39, 0.29) is 0 Å². The van der Waals surface area contributed by atoms with Gasteiger partial charge in [-0.25, -0.2) is 0 Å². The smallest absolute Gasteiger partial charge is 0.0178 e.